The highest BCUT2D eigenvalue weighted by atomic mass is 16.3. The molecule has 0 saturated carbocycles. The average molecular weight is 431 g/mol. The number of hydrogen-bond acceptors (Lipinski definition) is 5. The maximum absolute atomic E-state index is 12.7. The summed E-state index contributed by atoms with van der Waals surface area (Å²) in [5.74, 6) is -0.460. The number of likely N-dealkylation sites (tertiary alicyclic amines) is 1. The number of rotatable bonds is 7. The van der Waals surface area contributed by atoms with Gasteiger partial charge in [0, 0.05) is 18.4 Å². The molecule has 1 saturated heterocycles. The van der Waals surface area contributed by atoms with Gasteiger partial charge in [-0.25, -0.2) is 0 Å². The predicted octanol–water partition coefficient (Wildman–Crippen LogP) is 3.11. The molecule has 0 spiro atoms. The Hall–Kier alpha value is -4.20. The lowest BCUT2D eigenvalue weighted by Crippen LogP contribution is -2.28. The second-order valence-electron chi connectivity index (χ2n) is 7.33. The van der Waals surface area contributed by atoms with E-state index in [9.17, 15) is 19.2 Å². The van der Waals surface area contributed by atoms with Crippen LogP contribution in [0.25, 0.3) is 0 Å². The molecule has 0 radical (unpaired) electrons. The summed E-state index contributed by atoms with van der Waals surface area (Å²) in [4.78, 5) is 50.1. The van der Waals surface area contributed by atoms with Gasteiger partial charge in [0.15, 0.2) is 0 Å². The molecule has 3 aromatic rings. The first-order valence-electron chi connectivity index (χ1n) is 10.1. The number of imide groups is 1. The molecule has 1 aromatic heterocycles. The minimum absolute atomic E-state index is 0.182. The van der Waals surface area contributed by atoms with E-state index in [4.69, 9.17) is 4.42 Å². The first-order valence-corrected chi connectivity index (χ1v) is 10.1. The fourth-order valence-corrected chi connectivity index (χ4v) is 3.40. The summed E-state index contributed by atoms with van der Waals surface area (Å²) in [5, 5.41) is 5.53. The number of hydrogen-bond donors (Lipinski definition) is 2. The normalized spacial score (nSPS) is 13.3. The van der Waals surface area contributed by atoms with Crippen LogP contribution in [-0.4, -0.2) is 28.5 Å². The van der Waals surface area contributed by atoms with E-state index >= 15 is 0 Å². The second kappa shape index (κ2) is 9.30. The lowest BCUT2D eigenvalue weighted by Gasteiger charge is -2.14. The third-order valence-corrected chi connectivity index (χ3v) is 5.13. The molecule has 1 fully saturated rings. The van der Waals surface area contributed by atoms with Gasteiger partial charge in [-0.2, -0.15) is 0 Å². The topological polar surface area (TPSA) is 109 Å². The van der Waals surface area contributed by atoms with Crippen molar-refractivity contribution in [2.24, 2.45) is 0 Å². The van der Waals surface area contributed by atoms with Gasteiger partial charge in [0.2, 0.25) is 11.8 Å². The van der Waals surface area contributed by atoms with Gasteiger partial charge in [-0.15, -0.1) is 0 Å². The Morgan fingerprint density at radius 3 is 2.28 bits per heavy atom. The fourth-order valence-electron chi connectivity index (χ4n) is 3.40. The van der Waals surface area contributed by atoms with E-state index in [0.717, 1.165) is 5.56 Å². The van der Waals surface area contributed by atoms with Crippen molar-refractivity contribution >= 4 is 29.3 Å². The Bertz CT molecular complexity index is 1140. The van der Waals surface area contributed by atoms with Crippen LogP contribution in [0.1, 0.15) is 44.9 Å². The number of nitrogens with zero attached hydrogens (tertiary/aromatic N) is 1. The van der Waals surface area contributed by atoms with Crippen LogP contribution in [0.15, 0.2) is 71.3 Å². The molecule has 4 rings (SSSR count). The average Bonchev–Trinajstić information content (AvgIpc) is 3.44. The number of nitrogens with one attached hydrogen (secondary N) is 2. The first-order chi connectivity index (χ1) is 15.5. The van der Waals surface area contributed by atoms with Crippen molar-refractivity contribution in [3.63, 3.8) is 0 Å². The van der Waals surface area contributed by atoms with Crippen LogP contribution < -0.4 is 10.6 Å². The zero-order valence-corrected chi connectivity index (χ0v) is 17.2. The Labute approximate surface area is 184 Å². The molecular formula is C24H21N3O5. The summed E-state index contributed by atoms with van der Waals surface area (Å²) < 4.78 is 5.21. The summed E-state index contributed by atoms with van der Waals surface area (Å²) in [6, 6.07) is 16.9. The van der Waals surface area contributed by atoms with E-state index < -0.39 is 0 Å². The predicted molar refractivity (Wildman–Crippen MR) is 116 cm³/mol. The quantitative estimate of drug-likeness (QED) is 0.559. The van der Waals surface area contributed by atoms with Crippen LogP contribution in [0, 0.1) is 0 Å². The van der Waals surface area contributed by atoms with Gasteiger partial charge < -0.3 is 15.1 Å². The van der Waals surface area contributed by atoms with Crippen LogP contribution >= 0.6 is 0 Å². The number of carbonyl (C=O) groups excluding carboxylic acids is 4. The number of anilines is 1. The zero-order chi connectivity index (χ0) is 22.5. The highest BCUT2D eigenvalue weighted by molar-refractivity contribution is 6.09. The molecule has 0 unspecified atom stereocenters. The van der Waals surface area contributed by atoms with E-state index in [0.29, 0.717) is 22.6 Å². The maximum Gasteiger partial charge on any atom is 0.255 e. The molecule has 1 aliphatic rings. The molecule has 0 atom stereocenters. The third kappa shape index (κ3) is 4.75. The van der Waals surface area contributed by atoms with E-state index in [1.807, 2.05) is 0 Å². The number of carbonyl (C=O) groups is 4. The van der Waals surface area contributed by atoms with Crippen molar-refractivity contribution in [2.75, 3.05) is 5.32 Å². The summed E-state index contributed by atoms with van der Waals surface area (Å²) >= 11 is 0. The molecule has 2 heterocycles. The number of para-hydroxylation sites is 1. The summed E-state index contributed by atoms with van der Waals surface area (Å²) in [6.07, 6.45) is 2.02. The molecule has 0 bridgehead atoms. The van der Waals surface area contributed by atoms with Gasteiger partial charge in [0.1, 0.15) is 5.76 Å². The standard InChI is InChI=1S/C24H21N3O5/c28-21-11-12-22(29)27(21)15-16-7-9-17(10-8-16)23(30)26-20-6-2-1-5-19(20)24(31)25-14-18-4-3-13-32-18/h1-10,13H,11-12,14-15H2,(H,25,31)(H,26,30). The number of amides is 4. The van der Waals surface area contributed by atoms with E-state index in [-0.39, 0.29) is 49.6 Å². The Morgan fingerprint density at radius 2 is 1.59 bits per heavy atom. The van der Waals surface area contributed by atoms with Crippen molar-refractivity contribution in [2.45, 2.75) is 25.9 Å². The molecule has 162 valence electrons. The van der Waals surface area contributed by atoms with Crippen LogP contribution in [0.3, 0.4) is 0 Å². The molecule has 8 nitrogen and oxygen atoms in total. The number of benzene rings is 2. The van der Waals surface area contributed by atoms with Crippen molar-refractivity contribution < 1.29 is 23.6 Å². The van der Waals surface area contributed by atoms with Crippen molar-refractivity contribution in [1.29, 1.82) is 0 Å². The minimum Gasteiger partial charge on any atom is -0.467 e. The monoisotopic (exact) mass is 431 g/mol. The first kappa shape index (κ1) is 21.0. The van der Waals surface area contributed by atoms with Gasteiger partial charge in [-0.3, -0.25) is 24.1 Å². The highest BCUT2D eigenvalue weighted by Gasteiger charge is 2.28. The molecular weight excluding hydrogens is 410 g/mol. The van der Waals surface area contributed by atoms with E-state index in [1.54, 1.807) is 60.7 Å². The lowest BCUT2D eigenvalue weighted by atomic mass is 10.1. The van der Waals surface area contributed by atoms with E-state index in [1.165, 1.54) is 11.2 Å². The van der Waals surface area contributed by atoms with Gasteiger partial charge >= 0.3 is 0 Å². The Morgan fingerprint density at radius 1 is 0.875 bits per heavy atom. The van der Waals surface area contributed by atoms with Crippen LogP contribution in [-0.2, 0) is 22.7 Å². The third-order valence-electron chi connectivity index (χ3n) is 5.13. The molecule has 8 heteroatoms. The minimum atomic E-state index is -0.379. The molecule has 2 aromatic carbocycles. The largest absolute Gasteiger partial charge is 0.467 e. The lowest BCUT2D eigenvalue weighted by molar-refractivity contribution is -0.139. The zero-order valence-electron chi connectivity index (χ0n) is 17.2. The summed E-state index contributed by atoms with van der Waals surface area (Å²) in [5.41, 5.74) is 1.85. The summed E-state index contributed by atoms with van der Waals surface area (Å²) in [6.45, 7) is 0.426. The fraction of sp³-hybridized carbons (Fsp3) is 0.167. The van der Waals surface area contributed by atoms with E-state index in [2.05, 4.69) is 10.6 Å². The van der Waals surface area contributed by atoms with Crippen molar-refractivity contribution in [3.05, 3.63) is 89.4 Å². The molecule has 2 N–H and O–H groups in total. The molecule has 1 aliphatic heterocycles. The van der Waals surface area contributed by atoms with Crippen molar-refractivity contribution in [3.8, 4) is 0 Å². The summed E-state index contributed by atoms with van der Waals surface area (Å²) in [7, 11) is 0. The highest BCUT2D eigenvalue weighted by Crippen LogP contribution is 2.19. The van der Waals surface area contributed by atoms with Gasteiger partial charge in [-0.1, -0.05) is 24.3 Å². The van der Waals surface area contributed by atoms with Gasteiger partial charge in [0.05, 0.1) is 30.6 Å². The molecule has 4 amide bonds. The maximum atomic E-state index is 12.7. The Balaban J connectivity index is 1.41. The van der Waals surface area contributed by atoms with Crippen LogP contribution in [0.4, 0.5) is 5.69 Å². The second-order valence-corrected chi connectivity index (χ2v) is 7.33. The smallest absolute Gasteiger partial charge is 0.255 e. The number of furan rings is 1. The van der Waals surface area contributed by atoms with Gasteiger partial charge in [-0.05, 0) is 42.0 Å². The van der Waals surface area contributed by atoms with Crippen LogP contribution in [0.5, 0.6) is 0 Å². The Kier molecular flexibility index (Phi) is 6.12. The SMILES string of the molecule is O=C(Nc1ccccc1C(=O)NCc1ccco1)c1ccc(CN2C(=O)CCC2=O)cc1. The van der Waals surface area contributed by atoms with Crippen molar-refractivity contribution in [1.82, 2.24) is 10.2 Å². The molecule has 32 heavy (non-hydrogen) atoms. The molecule has 0 aliphatic carbocycles. The van der Waals surface area contributed by atoms with Gasteiger partial charge in [0.25, 0.3) is 11.8 Å². The van der Waals surface area contributed by atoms with Crippen LogP contribution in [0.2, 0.25) is 0 Å².